The molecule has 0 aliphatic heterocycles. The van der Waals surface area contributed by atoms with Crippen LogP contribution in [0.15, 0.2) is 161 Å². The molecule has 0 N–H and O–H groups in total. The van der Waals surface area contributed by atoms with Gasteiger partial charge in [0.15, 0.2) is 0 Å². The Labute approximate surface area is 359 Å². The molecule has 0 fully saturated rings. The molecule has 0 saturated heterocycles. The summed E-state index contributed by atoms with van der Waals surface area (Å²) in [6.07, 6.45) is 9.14. The smallest absolute Gasteiger partial charge is 0.147 e. The van der Waals surface area contributed by atoms with Crippen LogP contribution in [0.5, 0.6) is 0 Å². The van der Waals surface area contributed by atoms with Crippen LogP contribution >= 0.6 is 36.4 Å². The van der Waals surface area contributed by atoms with Crippen molar-refractivity contribution in [1.29, 1.82) is 0 Å². The molecule has 56 heavy (non-hydrogen) atoms. The van der Waals surface area contributed by atoms with Gasteiger partial charge in [-0.1, -0.05) is 0 Å². The average molecular weight is 874 g/mol. The van der Waals surface area contributed by atoms with E-state index in [2.05, 4.69) is 199 Å². The maximum atomic E-state index is 6.46. The summed E-state index contributed by atoms with van der Waals surface area (Å²) < 4.78 is 3.61. The summed E-state index contributed by atoms with van der Waals surface area (Å²) >= 11 is 3.57. The van der Waals surface area contributed by atoms with Crippen LogP contribution in [0.4, 0.5) is 0 Å². The SMILES string of the molecule is CC(C)(C)c1cc2c(cc1-c1ccccc1)[CH](/[Zr]([C]1=CC=CC1)=[C](\Cc1ccc(Cl)cc1)c1ccccc1)c1cc(-c3ccccc3)c(C(C)(C)C)cc1-2.Cl.Cl. The summed E-state index contributed by atoms with van der Waals surface area (Å²) in [6, 6.07) is 52.5. The number of hydrogen-bond acceptors (Lipinski definition) is 0. The quantitative estimate of drug-likeness (QED) is 0.150. The average Bonchev–Trinajstić information content (AvgIpc) is 3.81. The van der Waals surface area contributed by atoms with E-state index in [4.69, 9.17) is 11.6 Å². The van der Waals surface area contributed by atoms with E-state index >= 15 is 0 Å². The van der Waals surface area contributed by atoms with Crippen LogP contribution in [-0.4, -0.2) is 3.21 Å². The Balaban J connectivity index is 0.00000266. The van der Waals surface area contributed by atoms with E-state index in [0.717, 1.165) is 17.9 Å². The Kier molecular flexibility index (Phi) is 12.8. The molecule has 0 heterocycles. The molecule has 0 nitrogen and oxygen atoms in total. The second kappa shape index (κ2) is 17.1. The minimum absolute atomic E-state index is 0. The first-order chi connectivity index (χ1) is 26.0. The molecular formula is C52H51Cl3Zr. The number of halogens is 3. The van der Waals surface area contributed by atoms with E-state index in [0.29, 0.717) is 3.63 Å². The summed E-state index contributed by atoms with van der Waals surface area (Å²) in [7, 11) is 0. The fourth-order valence-corrected chi connectivity index (χ4v) is 17.8. The molecule has 2 aliphatic rings. The molecule has 0 atom stereocenters. The van der Waals surface area contributed by atoms with Gasteiger partial charge in [0.1, 0.15) is 0 Å². The molecule has 284 valence electrons. The first-order valence-electron chi connectivity index (χ1n) is 19.3. The molecule has 0 bridgehead atoms. The standard InChI is InChI=1S/C33H33.C14H11Cl.C5H5.2ClH.Zr/c1-32(2,3)30-20-26-24(18-28(30)22-13-9-7-10-14-22)17-25-19-29(23-15-11-8-12-16-23)31(21-27(25)26)33(4,5)6;15-14-10-8-13(9-11-14)7-6-12-4-2-1-3-5-12;1-2-4-5-3-1;;;/h7-21H,1-6H3;1-5,8-11H,7H2;1-3H,4H2;2*1H;. The summed E-state index contributed by atoms with van der Waals surface area (Å²) in [5.74, 6) is 0. The molecule has 0 unspecified atom stereocenters. The Morgan fingerprint density at radius 3 is 1.48 bits per heavy atom. The summed E-state index contributed by atoms with van der Waals surface area (Å²) in [6.45, 7) is 14.2. The van der Waals surface area contributed by atoms with E-state index in [1.807, 2.05) is 0 Å². The van der Waals surface area contributed by atoms with Crippen LogP contribution < -0.4 is 0 Å². The fraction of sp³-hybridized carbons (Fsp3) is 0.212. The molecule has 2 aliphatic carbocycles. The normalized spacial score (nSPS) is 13.9. The zero-order chi connectivity index (χ0) is 37.6. The number of rotatable bonds is 7. The van der Waals surface area contributed by atoms with E-state index in [1.165, 1.54) is 66.8 Å². The second-order valence-corrected chi connectivity index (χ2v) is 24.0. The summed E-state index contributed by atoms with van der Waals surface area (Å²) in [5, 5.41) is 0.784. The van der Waals surface area contributed by atoms with Crippen molar-refractivity contribution in [2.75, 3.05) is 0 Å². The van der Waals surface area contributed by atoms with Crippen LogP contribution in [0.2, 0.25) is 5.02 Å². The zero-order valence-electron chi connectivity index (χ0n) is 33.2. The molecule has 0 aromatic heterocycles. The molecule has 8 rings (SSSR count). The second-order valence-electron chi connectivity index (χ2n) is 17.0. The molecule has 6 aromatic carbocycles. The van der Waals surface area contributed by atoms with Crippen molar-refractivity contribution in [2.24, 2.45) is 0 Å². The van der Waals surface area contributed by atoms with Crippen LogP contribution in [0.25, 0.3) is 33.4 Å². The maximum Gasteiger partial charge on any atom is -0.147 e. The first kappa shape index (κ1) is 42.0. The number of allylic oxidation sites excluding steroid dienone is 4. The number of benzene rings is 6. The fourth-order valence-electron chi connectivity index (χ4n) is 8.61. The van der Waals surface area contributed by atoms with Gasteiger partial charge >= 0.3 is 338 Å². The number of fused-ring (bicyclic) bond motifs is 3. The predicted octanol–water partition coefficient (Wildman–Crippen LogP) is 15.1. The minimum atomic E-state index is -2.88. The Morgan fingerprint density at radius 1 is 0.589 bits per heavy atom. The Hall–Kier alpha value is -3.58. The Morgan fingerprint density at radius 2 is 1.05 bits per heavy atom. The summed E-state index contributed by atoms with van der Waals surface area (Å²) in [4.78, 5) is 0. The molecule has 0 radical (unpaired) electrons. The van der Waals surface area contributed by atoms with Gasteiger partial charge in [-0.05, 0) is 0 Å². The van der Waals surface area contributed by atoms with Gasteiger partial charge in [0.05, 0.1) is 0 Å². The largest absolute Gasteiger partial charge is 0.147 e. The molecule has 0 spiro atoms. The van der Waals surface area contributed by atoms with Crippen molar-refractivity contribution in [3.8, 4) is 33.4 Å². The van der Waals surface area contributed by atoms with Gasteiger partial charge in [-0.3, -0.25) is 0 Å². The maximum absolute atomic E-state index is 6.46. The van der Waals surface area contributed by atoms with Crippen LogP contribution in [0.3, 0.4) is 0 Å². The monoisotopic (exact) mass is 870 g/mol. The van der Waals surface area contributed by atoms with Gasteiger partial charge in [0.25, 0.3) is 0 Å². The third kappa shape index (κ3) is 8.35. The van der Waals surface area contributed by atoms with Crippen LogP contribution in [0, 0.1) is 0 Å². The van der Waals surface area contributed by atoms with Crippen molar-refractivity contribution in [2.45, 2.75) is 68.8 Å². The van der Waals surface area contributed by atoms with Gasteiger partial charge in [0, 0.05) is 0 Å². The van der Waals surface area contributed by atoms with E-state index in [9.17, 15) is 0 Å². The van der Waals surface area contributed by atoms with Crippen molar-refractivity contribution in [1.82, 2.24) is 0 Å². The minimum Gasteiger partial charge on any atom is -0.147 e. The van der Waals surface area contributed by atoms with Crippen LogP contribution in [-0.2, 0) is 38.5 Å². The van der Waals surface area contributed by atoms with Crippen molar-refractivity contribution >= 4 is 39.6 Å². The third-order valence-corrected chi connectivity index (χ3v) is 19.8. The Bertz CT molecular complexity index is 2320. The van der Waals surface area contributed by atoms with Crippen molar-refractivity contribution < 1.29 is 21.3 Å². The van der Waals surface area contributed by atoms with Crippen LogP contribution in [0.1, 0.15) is 85.0 Å². The molecule has 0 amide bonds. The van der Waals surface area contributed by atoms with Gasteiger partial charge in [-0.15, -0.1) is 24.8 Å². The predicted molar refractivity (Wildman–Crippen MR) is 244 cm³/mol. The van der Waals surface area contributed by atoms with Gasteiger partial charge in [-0.25, -0.2) is 0 Å². The van der Waals surface area contributed by atoms with E-state index < -0.39 is 21.3 Å². The van der Waals surface area contributed by atoms with Gasteiger partial charge < -0.3 is 0 Å². The van der Waals surface area contributed by atoms with Gasteiger partial charge in [-0.2, -0.15) is 0 Å². The third-order valence-electron chi connectivity index (χ3n) is 11.2. The van der Waals surface area contributed by atoms with Crippen molar-refractivity contribution in [3.05, 3.63) is 199 Å². The molecule has 0 saturated carbocycles. The molecule has 6 aromatic rings. The molecular weight excluding hydrogens is 822 g/mol. The first-order valence-corrected chi connectivity index (χ1v) is 23.6. The summed E-state index contributed by atoms with van der Waals surface area (Å²) in [5.41, 5.74) is 16.6. The van der Waals surface area contributed by atoms with E-state index in [1.54, 1.807) is 6.49 Å². The zero-order valence-corrected chi connectivity index (χ0v) is 38.0. The topological polar surface area (TPSA) is 0 Å². The number of hydrogen-bond donors (Lipinski definition) is 0. The van der Waals surface area contributed by atoms with E-state index in [-0.39, 0.29) is 35.6 Å². The molecule has 4 heteroatoms. The van der Waals surface area contributed by atoms with Crippen molar-refractivity contribution in [3.63, 3.8) is 0 Å². The van der Waals surface area contributed by atoms with Gasteiger partial charge in [0.2, 0.25) is 0 Å².